The molecule has 0 saturated carbocycles. The van der Waals surface area contributed by atoms with Crippen LogP contribution in [0.3, 0.4) is 0 Å². The van der Waals surface area contributed by atoms with E-state index in [0.29, 0.717) is 23.4 Å². The van der Waals surface area contributed by atoms with Crippen LogP contribution in [0.5, 0.6) is 0 Å². The third-order valence-electron chi connectivity index (χ3n) is 9.80. The van der Waals surface area contributed by atoms with Gasteiger partial charge >= 0.3 is 0 Å². The minimum Gasteiger partial charge on any atom is -0.370 e. The molecule has 0 aliphatic heterocycles. The molecule has 0 aliphatic carbocycles. The van der Waals surface area contributed by atoms with E-state index in [2.05, 4.69) is 57.2 Å². The second-order valence-electron chi connectivity index (χ2n) is 16.0. The summed E-state index contributed by atoms with van der Waals surface area (Å²) in [6.45, 7) is 4.63. The van der Waals surface area contributed by atoms with E-state index in [0.717, 1.165) is 0 Å². The van der Waals surface area contributed by atoms with E-state index in [9.17, 15) is 38.4 Å². The average molecular weight is 957 g/mol. The van der Waals surface area contributed by atoms with Gasteiger partial charge in [-0.1, -0.05) is 44.2 Å². The fourth-order valence-corrected chi connectivity index (χ4v) is 7.00. The first-order valence-electron chi connectivity index (χ1n) is 21.7. The zero-order valence-electron chi connectivity index (χ0n) is 38.5. The number of hydrogen-bond donors (Lipinski definition) is 13. The summed E-state index contributed by atoms with van der Waals surface area (Å²) < 4.78 is 0. The molecule has 1 heterocycles. The van der Waals surface area contributed by atoms with E-state index in [4.69, 9.17) is 28.7 Å². The topological polar surface area (TPSA) is 404 Å². The number of aromatic nitrogens is 2. The summed E-state index contributed by atoms with van der Waals surface area (Å²) in [5, 5.41) is 18.5. The number of carbonyl (C=O) groups is 8. The Balaban J connectivity index is 2.24. The van der Waals surface area contributed by atoms with Crippen molar-refractivity contribution >= 4 is 70.9 Å². The van der Waals surface area contributed by atoms with E-state index >= 15 is 0 Å². The third-order valence-corrected chi connectivity index (χ3v) is 10.4. The standard InChI is InChI=1S/C42H68N16O8S/c1-24(2)18-31(39(65)56-29(13-9-16-50-42(46)47)37(63)55-28(35(43)61)12-8-15-49-41(44)45)57-38(64)30(14-17-67-4)54-34(60)22-51-36(62)32(19-26-10-6-5-7-11-26)58-40(66)33(53-25(3)59)20-27-21-48-23-52-27/h5-7,10-11,21,23-24,28-33H,8-9,12-20,22H2,1-4H3,(H2,43,61)(H,48,52)(H,51,62)(H,53,59)(H,54,60)(H,55,63)(H,56,65)(H,57,64)(H,58,66)(H4,44,45,49)(H4,46,47,50)/t28-,29-,30-,31-,32-,33-/m0/s1. The summed E-state index contributed by atoms with van der Waals surface area (Å²) in [5.41, 5.74) is 28.5. The average Bonchev–Trinajstić information content (AvgIpc) is 3.78. The molecule has 1 aromatic heterocycles. The number of aliphatic imine (C=N–C) groups is 2. The molecule has 1 aromatic carbocycles. The molecule has 0 aliphatic rings. The molecule has 0 radical (unpaired) electrons. The number of benzene rings is 1. The number of hydrogen-bond acceptors (Lipinski definition) is 12. The van der Waals surface area contributed by atoms with E-state index in [1.807, 2.05) is 20.1 Å². The fraction of sp³-hybridized carbons (Fsp3) is 0.548. The van der Waals surface area contributed by atoms with Gasteiger partial charge in [0.05, 0.1) is 12.9 Å². The van der Waals surface area contributed by atoms with Crippen molar-refractivity contribution in [2.45, 2.75) is 108 Å². The predicted octanol–water partition coefficient (Wildman–Crippen LogP) is -3.37. The number of rotatable bonds is 31. The molecule has 8 amide bonds. The summed E-state index contributed by atoms with van der Waals surface area (Å²) in [5.74, 6) is -5.54. The molecule has 67 heavy (non-hydrogen) atoms. The molecular weight excluding hydrogens is 889 g/mol. The minimum atomic E-state index is -1.22. The summed E-state index contributed by atoms with van der Waals surface area (Å²) in [4.78, 5) is 121. The summed E-state index contributed by atoms with van der Waals surface area (Å²) in [6, 6.07) is 1.94. The minimum absolute atomic E-state index is 0.0330. The van der Waals surface area contributed by atoms with Crippen LogP contribution in [0.15, 0.2) is 52.8 Å². The summed E-state index contributed by atoms with van der Waals surface area (Å²) in [6.07, 6.45) is 5.80. The van der Waals surface area contributed by atoms with Crippen LogP contribution in [0.1, 0.15) is 70.6 Å². The molecule has 6 atom stereocenters. The molecule has 2 aromatic rings. The Morgan fingerprint density at radius 1 is 0.657 bits per heavy atom. The quantitative estimate of drug-likeness (QED) is 0.0200. The maximum atomic E-state index is 13.9. The normalized spacial score (nSPS) is 13.5. The van der Waals surface area contributed by atoms with Gasteiger partial charge in [-0.2, -0.15) is 11.8 Å². The molecule has 0 saturated heterocycles. The van der Waals surface area contributed by atoms with Gasteiger partial charge in [0.25, 0.3) is 0 Å². The zero-order valence-corrected chi connectivity index (χ0v) is 39.3. The number of carbonyl (C=O) groups excluding carboxylic acids is 8. The number of nitrogens with one attached hydrogen (secondary N) is 8. The van der Waals surface area contributed by atoms with Crippen molar-refractivity contribution in [1.29, 1.82) is 0 Å². The molecule has 25 heteroatoms. The Morgan fingerprint density at radius 3 is 1.72 bits per heavy atom. The van der Waals surface area contributed by atoms with E-state index in [1.165, 1.54) is 31.2 Å². The maximum Gasteiger partial charge on any atom is 0.243 e. The monoisotopic (exact) mass is 957 g/mol. The number of primary amides is 1. The highest BCUT2D eigenvalue weighted by molar-refractivity contribution is 7.98. The Labute approximate surface area is 394 Å². The second kappa shape index (κ2) is 30.3. The lowest BCUT2D eigenvalue weighted by atomic mass is 10.0. The Hall–Kier alpha value is -6.92. The van der Waals surface area contributed by atoms with E-state index in [-0.39, 0.29) is 75.9 Å². The van der Waals surface area contributed by atoms with Crippen LogP contribution < -0.4 is 65.9 Å². The Bertz CT molecular complexity index is 1980. The lowest BCUT2D eigenvalue weighted by molar-refractivity contribution is -0.135. The van der Waals surface area contributed by atoms with Crippen LogP contribution in [-0.4, -0.2) is 137 Å². The van der Waals surface area contributed by atoms with E-state index < -0.39 is 90.1 Å². The predicted molar refractivity (Wildman–Crippen MR) is 254 cm³/mol. The number of aromatic amines is 1. The molecule has 24 nitrogen and oxygen atoms in total. The van der Waals surface area contributed by atoms with Gasteiger partial charge in [-0.05, 0) is 62.0 Å². The highest BCUT2D eigenvalue weighted by Gasteiger charge is 2.32. The highest BCUT2D eigenvalue weighted by atomic mass is 32.2. The van der Waals surface area contributed by atoms with Crippen LogP contribution in [0, 0.1) is 5.92 Å². The Morgan fingerprint density at radius 2 is 1.18 bits per heavy atom. The van der Waals surface area contributed by atoms with Crippen LogP contribution in [0.2, 0.25) is 0 Å². The Kier molecular flexibility index (Phi) is 25.4. The van der Waals surface area contributed by atoms with E-state index in [1.54, 1.807) is 30.3 Å². The molecule has 0 fully saturated rings. The van der Waals surface area contributed by atoms with Gasteiger partial charge in [0.15, 0.2) is 11.9 Å². The lowest BCUT2D eigenvalue weighted by Crippen LogP contribution is -2.59. The van der Waals surface area contributed by atoms with Crippen molar-refractivity contribution in [2.75, 3.05) is 31.6 Å². The van der Waals surface area contributed by atoms with Gasteiger partial charge < -0.3 is 70.9 Å². The van der Waals surface area contributed by atoms with Crippen molar-refractivity contribution in [3.63, 3.8) is 0 Å². The molecule has 2 rings (SSSR count). The number of nitrogens with zero attached hydrogens (tertiary/aromatic N) is 3. The van der Waals surface area contributed by atoms with Crippen molar-refractivity contribution in [3.05, 3.63) is 54.1 Å². The van der Waals surface area contributed by atoms with Crippen molar-refractivity contribution < 1.29 is 38.4 Å². The SMILES string of the molecule is CSCC[C@H](NC(=O)CNC(=O)[C@H](Cc1ccccc1)NC(=O)[C@H](Cc1cnc[nH]1)NC(C)=O)C(=O)N[C@@H](CC(C)C)C(=O)N[C@@H](CCCN=C(N)N)C(=O)N[C@@H](CCCN=C(N)N)C(N)=O. The zero-order chi connectivity index (χ0) is 49.9. The summed E-state index contributed by atoms with van der Waals surface area (Å²) >= 11 is 1.41. The largest absolute Gasteiger partial charge is 0.370 e. The van der Waals surface area contributed by atoms with Crippen molar-refractivity contribution in [3.8, 4) is 0 Å². The van der Waals surface area contributed by atoms with Crippen molar-refractivity contribution in [2.24, 2.45) is 44.6 Å². The molecule has 0 unspecified atom stereocenters. The number of guanidine groups is 2. The van der Waals surface area contributed by atoms with Gasteiger partial charge in [-0.15, -0.1) is 0 Å². The van der Waals surface area contributed by atoms with Crippen LogP contribution in [0.25, 0.3) is 0 Å². The number of H-pyrrole nitrogens is 1. The number of thioether (sulfide) groups is 1. The maximum absolute atomic E-state index is 13.9. The second-order valence-corrected chi connectivity index (χ2v) is 17.0. The smallest absolute Gasteiger partial charge is 0.243 e. The first-order valence-corrected chi connectivity index (χ1v) is 23.1. The molecular formula is C42H68N16O8S. The van der Waals surface area contributed by atoms with Gasteiger partial charge in [-0.3, -0.25) is 48.3 Å². The van der Waals surface area contributed by atoms with Crippen LogP contribution >= 0.6 is 11.8 Å². The molecule has 370 valence electrons. The molecule has 0 bridgehead atoms. The van der Waals surface area contributed by atoms with Gasteiger partial charge in [0, 0.05) is 44.7 Å². The molecule has 18 N–H and O–H groups in total. The van der Waals surface area contributed by atoms with Crippen molar-refractivity contribution in [1.82, 2.24) is 47.2 Å². The fourth-order valence-electron chi connectivity index (χ4n) is 6.52. The van der Waals surface area contributed by atoms with Gasteiger partial charge in [-0.25, -0.2) is 4.98 Å². The number of nitrogens with two attached hydrogens (primary N) is 5. The highest BCUT2D eigenvalue weighted by Crippen LogP contribution is 2.11. The first kappa shape index (κ1) is 56.2. The van der Waals surface area contributed by atoms with Gasteiger partial charge in [0.1, 0.15) is 36.3 Å². The van der Waals surface area contributed by atoms with Crippen LogP contribution in [-0.2, 0) is 51.2 Å². The first-order chi connectivity index (χ1) is 31.8. The van der Waals surface area contributed by atoms with Gasteiger partial charge in [0.2, 0.25) is 47.3 Å². The lowest BCUT2D eigenvalue weighted by Gasteiger charge is -2.27. The van der Waals surface area contributed by atoms with Crippen LogP contribution in [0.4, 0.5) is 0 Å². The third kappa shape index (κ3) is 23.2. The number of amides is 8. The summed E-state index contributed by atoms with van der Waals surface area (Å²) in [7, 11) is 0. The number of imidazole rings is 1. The molecule has 0 spiro atoms.